The van der Waals surface area contributed by atoms with E-state index in [9.17, 15) is 18.0 Å². The van der Waals surface area contributed by atoms with Gasteiger partial charge in [0.15, 0.2) is 0 Å². The number of carbonyl (C=O) groups excluding carboxylic acids is 1. The molecule has 146 valence electrons. The maximum absolute atomic E-state index is 13.0. The predicted molar refractivity (Wildman–Crippen MR) is 97.9 cm³/mol. The molecule has 0 fully saturated rings. The minimum Gasteiger partial charge on any atom is -0.345 e. The second kappa shape index (κ2) is 8.24. The van der Waals surface area contributed by atoms with E-state index in [1.807, 2.05) is 6.92 Å². The highest BCUT2D eigenvalue weighted by atomic mass is 19.4. The molecule has 0 spiro atoms. The number of rotatable bonds is 6. The summed E-state index contributed by atoms with van der Waals surface area (Å²) in [5, 5.41) is 6.86. The fraction of sp³-hybridized carbons (Fsp3) is 0.250. The molecule has 28 heavy (non-hydrogen) atoms. The fourth-order valence-electron chi connectivity index (χ4n) is 2.89. The van der Waals surface area contributed by atoms with Crippen LogP contribution in [0, 0.1) is 0 Å². The molecule has 2 aromatic carbocycles. The van der Waals surface area contributed by atoms with Gasteiger partial charge in [0.05, 0.1) is 17.3 Å². The van der Waals surface area contributed by atoms with Gasteiger partial charge in [0.2, 0.25) is 0 Å². The van der Waals surface area contributed by atoms with Crippen molar-refractivity contribution in [3.8, 4) is 5.69 Å². The van der Waals surface area contributed by atoms with Crippen LogP contribution in [0.3, 0.4) is 0 Å². The molecule has 0 aliphatic rings. The Morgan fingerprint density at radius 3 is 2.54 bits per heavy atom. The molecule has 1 atom stereocenters. The lowest BCUT2D eigenvalue weighted by Gasteiger charge is -2.20. The van der Waals surface area contributed by atoms with Crippen LogP contribution in [0.1, 0.15) is 47.3 Å². The SMILES string of the molecule is CCCC(NC(=O)c1ccc(-n2cncn2)cc1)c1cccc(C(F)(F)F)c1. The minimum absolute atomic E-state index is 0.346. The van der Waals surface area contributed by atoms with Gasteiger partial charge in [-0.05, 0) is 48.4 Å². The van der Waals surface area contributed by atoms with E-state index >= 15 is 0 Å². The standard InChI is InChI=1S/C20H19F3N4O/c1-2-4-18(15-5-3-6-16(11-15)20(21,22)23)26-19(28)14-7-9-17(10-8-14)27-13-24-12-25-27/h3,5-13,18H,2,4H2,1H3,(H,26,28). The number of hydrogen-bond acceptors (Lipinski definition) is 3. The van der Waals surface area contributed by atoms with E-state index in [-0.39, 0.29) is 5.91 Å². The zero-order chi connectivity index (χ0) is 20.1. The number of nitrogens with zero attached hydrogens (tertiary/aromatic N) is 3. The molecule has 0 aliphatic carbocycles. The molecule has 0 aliphatic heterocycles. The predicted octanol–water partition coefficient (Wildman–Crippen LogP) is 4.56. The zero-order valence-corrected chi connectivity index (χ0v) is 15.1. The Labute approximate surface area is 160 Å². The first-order chi connectivity index (χ1) is 13.4. The summed E-state index contributed by atoms with van der Waals surface area (Å²) < 4.78 is 40.6. The molecular formula is C20H19F3N4O. The minimum atomic E-state index is -4.42. The van der Waals surface area contributed by atoms with E-state index in [1.54, 1.807) is 41.3 Å². The number of nitrogens with one attached hydrogen (secondary N) is 1. The molecule has 1 N–H and O–H groups in total. The van der Waals surface area contributed by atoms with Gasteiger partial charge in [0, 0.05) is 5.56 Å². The number of amides is 1. The molecule has 1 aromatic heterocycles. The lowest BCUT2D eigenvalue weighted by atomic mass is 9.99. The summed E-state index contributed by atoms with van der Waals surface area (Å²) in [4.78, 5) is 16.5. The van der Waals surface area contributed by atoms with Crippen molar-refractivity contribution in [1.29, 1.82) is 0 Å². The number of aromatic nitrogens is 3. The summed E-state index contributed by atoms with van der Waals surface area (Å²) in [5.74, 6) is -0.346. The second-order valence-electron chi connectivity index (χ2n) is 6.32. The Morgan fingerprint density at radius 1 is 1.18 bits per heavy atom. The molecule has 0 saturated heterocycles. The number of alkyl halides is 3. The van der Waals surface area contributed by atoms with Gasteiger partial charge >= 0.3 is 6.18 Å². The van der Waals surface area contributed by atoms with Crippen molar-refractivity contribution in [2.24, 2.45) is 0 Å². The molecular weight excluding hydrogens is 369 g/mol. The first kappa shape index (κ1) is 19.6. The molecule has 5 nitrogen and oxygen atoms in total. The van der Waals surface area contributed by atoms with E-state index in [1.165, 1.54) is 12.4 Å². The number of benzene rings is 2. The van der Waals surface area contributed by atoms with E-state index in [0.717, 1.165) is 17.8 Å². The smallest absolute Gasteiger partial charge is 0.345 e. The molecule has 0 bridgehead atoms. The molecule has 1 heterocycles. The van der Waals surface area contributed by atoms with Gasteiger partial charge in [-0.1, -0.05) is 25.5 Å². The van der Waals surface area contributed by atoms with Crippen molar-refractivity contribution in [2.75, 3.05) is 0 Å². The Kier molecular flexibility index (Phi) is 5.77. The lowest BCUT2D eigenvalue weighted by molar-refractivity contribution is -0.137. The van der Waals surface area contributed by atoms with Crippen molar-refractivity contribution in [1.82, 2.24) is 20.1 Å². The van der Waals surface area contributed by atoms with Crippen LogP contribution in [0.2, 0.25) is 0 Å². The normalized spacial score (nSPS) is 12.6. The van der Waals surface area contributed by atoms with Gasteiger partial charge < -0.3 is 5.32 Å². The molecule has 0 radical (unpaired) electrons. The average Bonchev–Trinajstić information content (AvgIpc) is 3.22. The maximum Gasteiger partial charge on any atom is 0.416 e. The highest BCUT2D eigenvalue weighted by Gasteiger charge is 2.31. The average molecular weight is 388 g/mol. The van der Waals surface area contributed by atoms with Gasteiger partial charge in [-0.25, -0.2) is 9.67 Å². The Balaban J connectivity index is 1.78. The Morgan fingerprint density at radius 2 is 1.93 bits per heavy atom. The van der Waals surface area contributed by atoms with Crippen molar-refractivity contribution in [2.45, 2.75) is 32.0 Å². The van der Waals surface area contributed by atoms with Crippen molar-refractivity contribution < 1.29 is 18.0 Å². The van der Waals surface area contributed by atoms with Gasteiger partial charge in [-0.15, -0.1) is 0 Å². The third kappa shape index (κ3) is 4.57. The summed E-state index contributed by atoms with van der Waals surface area (Å²) in [6.45, 7) is 1.92. The van der Waals surface area contributed by atoms with E-state index in [4.69, 9.17) is 0 Å². The summed E-state index contributed by atoms with van der Waals surface area (Å²) >= 11 is 0. The van der Waals surface area contributed by atoms with Gasteiger partial charge in [0.25, 0.3) is 5.91 Å². The van der Waals surface area contributed by atoms with Crippen molar-refractivity contribution in [3.05, 3.63) is 77.9 Å². The second-order valence-corrected chi connectivity index (χ2v) is 6.32. The number of carbonyl (C=O) groups is 1. The van der Waals surface area contributed by atoms with Crippen molar-refractivity contribution in [3.63, 3.8) is 0 Å². The van der Waals surface area contributed by atoms with Crippen LogP contribution in [-0.4, -0.2) is 20.7 Å². The largest absolute Gasteiger partial charge is 0.416 e. The molecule has 0 saturated carbocycles. The van der Waals surface area contributed by atoms with Gasteiger partial charge in [-0.2, -0.15) is 18.3 Å². The van der Waals surface area contributed by atoms with Crippen molar-refractivity contribution >= 4 is 5.91 Å². The summed E-state index contributed by atoms with van der Waals surface area (Å²) in [5.41, 5.74) is 0.871. The summed E-state index contributed by atoms with van der Waals surface area (Å²) in [6.07, 6.45) is -0.227. The van der Waals surface area contributed by atoms with Crippen LogP contribution in [0.4, 0.5) is 13.2 Å². The molecule has 1 unspecified atom stereocenters. The third-order valence-electron chi connectivity index (χ3n) is 4.31. The Bertz CT molecular complexity index is 921. The van der Waals surface area contributed by atoms with Crippen LogP contribution in [0.25, 0.3) is 5.69 Å². The topological polar surface area (TPSA) is 59.8 Å². The van der Waals surface area contributed by atoms with Crippen LogP contribution >= 0.6 is 0 Å². The highest BCUT2D eigenvalue weighted by Crippen LogP contribution is 2.31. The molecule has 8 heteroatoms. The summed E-state index contributed by atoms with van der Waals surface area (Å²) in [7, 11) is 0. The lowest BCUT2D eigenvalue weighted by Crippen LogP contribution is -2.28. The third-order valence-corrected chi connectivity index (χ3v) is 4.31. The van der Waals surface area contributed by atoms with E-state index in [2.05, 4.69) is 15.4 Å². The van der Waals surface area contributed by atoms with Crippen LogP contribution < -0.4 is 5.32 Å². The van der Waals surface area contributed by atoms with E-state index < -0.39 is 17.8 Å². The number of hydrogen-bond donors (Lipinski definition) is 1. The van der Waals surface area contributed by atoms with E-state index in [0.29, 0.717) is 24.0 Å². The van der Waals surface area contributed by atoms with Gasteiger partial charge in [0.1, 0.15) is 12.7 Å². The monoisotopic (exact) mass is 388 g/mol. The highest BCUT2D eigenvalue weighted by molar-refractivity contribution is 5.94. The fourth-order valence-corrected chi connectivity index (χ4v) is 2.89. The first-order valence-electron chi connectivity index (χ1n) is 8.81. The Hall–Kier alpha value is -3.16. The van der Waals surface area contributed by atoms with Crippen LogP contribution in [0.5, 0.6) is 0 Å². The maximum atomic E-state index is 13.0. The first-order valence-corrected chi connectivity index (χ1v) is 8.81. The van der Waals surface area contributed by atoms with Crippen LogP contribution in [0.15, 0.2) is 61.2 Å². The molecule has 1 amide bonds. The zero-order valence-electron chi connectivity index (χ0n) is 15.1. The number of halogens is 3. The summed E-state index contributed by atoms with van der Waals surface area (Å²) in [6, 6.07) is 11.3. The van der Waals surface area contributed by atoms with Crippen LogP contribution in [-0.2, 0) is 6.18 Å². The molecule has 3 rings (SSSR count). The quantitative estimate of drug-likeness (QED) is 0.674. The molecule has 3 aromatic rings. The van der Waals surface area contributed by atoms with Gasteiger partial charge in [-0.3, -0.25) is 4.79 Å².